The van der Waals surface area contributed by atoms with Crippen LogP contribution in [0.2, 0.25) is 0 Å². The highest BCUT2D eigenvalue weighted by Crippen LogP contribution is 2.32. The largest absolute Gasteiger partial charge is 0.508 e. The van der Waals surface area contributed by atoms with Crippen LogP contribution in [0, 0.1) is 0 Å². The summed E-state index contributed by atoms with van der Waals surface area (Å²) in [5.74, 6) is 0.688. The monoisotopic (exact) mass is 368 g/mol. The maximum Gasteiger partial charge on any atom is 0.276 e. The second kappa shape index (κ2) is 8.15. The van der Waals surface area contributed by atoms with Crippen LogP contribution in [-0.4, -0.2) is 33.2 Å². The predicted octanol–water partition coefficient (Wildman–Crippen LogP) is 5.15. The third-order valence-corrected chi connectivity index (χ3v) is 6.03. The average molecular weight is 368 g/mol. The molecule has 0 unspecified atom stereocenters. The SMILES string of the molecule is O=C(c1cc(-c2cccc(O)c2)on1)N(C1CCCCC1)C1CCCCC1. The average Bonchev–Trinajstić information content (AvgIpc) is 3.20. The summed E-state index contributed by atoms with van der Waals surface area (Å²) in [6, 6.07) is 9.20. The summed E-state index contributed by atoms with van der Waals surface area (Å²) in [5, 5.41) is 13.8. The Kier molecular flexibility index (Phi) is 5.46. The first-order valence-electron chi connectivity index (χ1n) is 10.3. The summed E-state index contributed by atoms with van der Waals surface area (Å²) in [7, 11) is 0. The number of aromatic hydroxyl groups is 1. The van der Waals surface area contributed by atoms with Gasteiger partial charge < -0.3 is 14.5 Å². The molecule has 1 aromatic carbocycles. The molecule has 144 valence electrons. The van der Waals surface area contributed by atoms with Gasteiger partial charge in [-0.2, -0.15) is 0 Å². The summed E-state index contributed by atoms with van der Waals surface area (Å²) in [5.41, 5.74) is 1.10. The number of phenolic OH excluding ortho intramolecular Hbond substituents is 1. The van der Waals surface area contributed by atoms with E-state index in [1.54, 1.807) is 24.3 Å². The van der Waals surface area contributed by atoms with Gasteiger partial charge in [0.25, 0.3) is 5.91 Å². The number of phenols is 1. The number of hydrogen-bond donors (Lipinski definition) is 1. The fraction of sp³-hybridized carbons (Fsp3) is 0.545. The lowest BCUT2D eigenvalue weighted by atomic mass is 9.88. The molecule has 2 fully saturated rings. The Morgan fingerprint density at radius 2 is 1.59 bits per heavy atom. The van der Waals surface area contributed by atoms with Crippen LogP contribution >= 0.6 is 0 Å². The molecule has 0 radical (unpaired) electrons. The van der Waals surface area contributed by atoms with Crippen molar-refractivity contribution in [3.8, 4) is 17.1 Å². The van der Waals surface area contributed by atoms with Crippen molar-refractivity contribution in [3.05, 3.63) is 36.0 Å². The number of aromatic nitrogens is 1. The van der Waals surface area contributed by atoms with Gasteiger partial charge in [0, 0.05) is 23.7 Å². The van der Waals surface area contributed by atoms with Crippen molar-refractivity contribution in [2.45, 2.75) is 76.3 Å². The Labute approximate surface area is 160 Å². The predicted molar refractivity (Wildman–Crippen MR) is 104 cm³/mol. The lowest BCUT2D eigenvalue weighted by molar-refractivity contribution is 0.0438. The number of carbonyl (C=O) groups is 1. The van der Waals surface area contributed by atoms with Crippen LogP contribution in [0.25, 0.3) is 11.3 Å². The Bertz CT molecular complexity index is 755. The molecule has 0 saturated heterocycles. The van der Waals surface area contributed by atoms with Crippen LogP contribution < -0.4 is 0 Å². The first-order valence-corrected chi connectivity index (χ1v) is 10.3. The van der Waals surface area contributed by atoms with Gasteiger partial charge in [0.15, 0.2) is 11.5 Å². The molecular weight excluding hydrogens is 340 g/mol. The smallest absolute Gasteiger partial charge is 0.276 e. The molecule has 1 aromatic heterocycles. The minimum atomic E-state index is 0.00366. The molecule has 2 aliphatic carbocycles. The molecule has 2 aromatic rings. The van der Waals surface area contributed by atoms with E-state index < -0.39 is 0 Å². The fourth-order valence-electron chi connectivity index (χ4n) is 4.65. The van der Waals surface area contributed by atoms with E-state index >= 15 is 0 Å². The van der Waals surface area contributed by atoms with Crippen LogP contribution in [0.3, 0.4) is 0 Å². The number of hydrogen-bond acceptors (Lipinski definition) is 4. The number of rotatable bonds is 4. The second-order valence-electron chi connectivity index (χ2n) is 7.92. The quantitative estimate of drug-likeness (QED) is 0.810. The van der Waals surface area contributed by atoms with Gasteiger partial charge >= 0.3 is 0 Å². The van der Waals surface area contributed by atoms with E-state index in [0.717, 1.165) is 31.2 Å². The van der Waals surface area contributed by atoms with Gasteiger partial charge in [-0.05, 0) is 37.8 Å². The van der Waals surface area contributed by atoms with Crippen LogP contribution in [0.5, 0.6) is 5.75 Å². The number of carbonyl (C=O) groups excluding carboxylic acids is 1. The highest BCUT2D eigenvalue weighted by atomic mass is 16.5. The first-order chi connectivity index (χ1) is 13.2. The van der Waals surface area contributed by atoms with Crippen LogP contribution in [0.1, 0.15) is 74.7 Å². The maximum absolute atomic E-state index is 13.4. The summed E-state index contributed by atoms with van der Waals surface area (Å²) < 4.78 is 5.44. The van der Waals surface area contributed by atoms with E-state index in [-0.39, 0.29) is 11.7 Å². The molecule has 1 amide bonds. The van der Waals surface area contributed by atoms with Crippen molar-refractivity contribution in [3.63, 3.8) is 0 Å². The normalized spacial score (nSPS) is 19.1. The van der Waals surface area contributed by atoms with Gasteiger partial charge in [0.05, 0.1) is 0 Å². The molecule has 4 rings (SSSR count). The van der Waals surface area contributed by atoms with E-state index in [0.29, 0.717) is 23.5 Å². The second-order valence-corrected chi connectivity index (χ2v) is 7.92. The van der Waals surface area contributed by atoms with Crippen molar-refractivity contribution >= 4 is 5.91 Å². The van der Waals surface area contributed by atoms with Crippen LogP contribution in [-0.2, 0) is 0 Å². The maximum atomic E-state index is 13.4. The zero-order valence-electron chi connectivity index (χ0n) is 15.8. The molecule has 0 atom stereocenters. The molecule has 2 saturated carbocycles. The van der Waals surface area contributed by atoms with Gasteiger partial charge in [0.2, 0.25) is 0 Å². The lowest BCUT2D eigenvalue weighted by Gasteiger charge is -2.41. The summed E-state index contributed by atoms with van der Waals surface area (Å²) in [4.78, 5) is 15.6. The minimum Gasteiger partial charge on any atom is -0.508 e. The summed E-state index contributed by atoms with van der Waals surface area (Å²) in [6.07, 6.45) is 11.7. The Balaban J connectivity index is 1.59. The van der Waals surface area contributed by atoms with Crippen molar-refractivity contribution in [1.29, 1.82) is 0 Å². The Hall–Kier alpha value is -2.30. The van der Waals surface area contributed by atoms with E-state index in [1.807, 2.05) is 6.07 Å². The molecule has 1 heterocycles. The summed E-state index contributed by atoms with van der Waals surface area (Å²) >= 11 is 0. The standard InChI is InChI=1S/C22H28N2O3/c25-19-13-7-8-16(14-19)21-15-20(23-27-21)22(26)24(17-9-3-1-4-10-17)18-11-5-2-6-12-18/h7-8,13-15,17-18,25H,1-6,9-12H2. The molecule has 2 aliphatic rings. The lowest BCUT2D eigenvalue weighted by Crippen LogP contribution is -2.48. The molecule has 0 aliphatic heterocycles. The third-order valence-electron chi connectivity index (χ3n) is 6.03. The van der Waals surface area contributed by atoms with Crippen molar-refractivity contribution in [2.24, 2.45) is 0 Å². The zero-order chi connectivity index (χ0) is 18.6. The topological polar surface area (TPSA) is 66.6 Å². The number of amides is 1. The third kappa shape index (κ3) is 4.02. The molecule has 1 N–H and O–H groups in total. The van der Waals surface area contributed by atoms with Gasteiger partial charge in [-0.25, -0.2) is 0 Å². The highest BCUT2D eigenvalue weighted by Gasteiger charge is 2.34. The first kappa shape index (κ1) is 18.1. The fourth-order valence-corrected chi connectivity index (χ4v) is 4.65. The summed E-state index contributed by atoms with van der Waals surface area (Å²) in [6.45, 7) is 0. The number of nitrogens with zero attached hydrogens (tertiary/aromatic N) is 2. The molecule has 27 heavy (non-hydrogen) atoms. The van der Waals surface area contributed by atoms with Crippen molar-refractivity contribution in [1.82, 2.24) is 10.1 Å². The van der Waals surface area contributed by atoms with E-state index in [2.05, 4.69) is 10.1 Å². The van der Waals surface area contributed by atoms with Crippen LogP contribution in [0.15, 0.2) is 34.9 Å². The zero-order valence-corrected chi connectivity index (χ0v) is 15.8. The molecular formula is C22H28N2O3. The van der Waals surface area contributed by atoms with Gasteiger partial charge in [-0.3, -0.25) is 4.79 Å². The van der Waals surface area contributed by atoms with E-state index in [4.69, 9.17) is 4.52 Å². The molecule has 5 nitrogen and oxygen atoms in total. The van der Waals surface area contributed by atoms with E-state index in [1.165, 1.54) is 38.5 Å². The van der Waals surface area contributed by atoms with E-state index in [9.17, 15) is 9.90 Å². The van der Waals surface area contributed by atoms with Crippen LogP contribution in [0.4, 0.5) is 0 Å². The van der Waals surface area contributed by atoms with Gasteiger partial charge in [-0.1, -0.05) is 55.8 Å². The molecule has 0 bridgehead atoms. The van der Waals surface area contributed by atoms with Crippen molar-refractivity contribution in [2.75, 3.05) is 0 Å². The Morgan fingerprint density at radius 1 is 0.963 bits per heavy atom. The van der Waals surface area contributed by atoms with Gasteiger partial charge in [-0.15, -0.1) is 0 Å². The highest BCUT2D eigenvalue weighted by molar-refractivity contribution is 5.93. The Morgan fingerprint density at radius 3 is 2.19 bits per heavy atom. The molecule has 5 heteroatoms. The van der Waals surface area contributed by atoms with Gasteiger partial charge in [0.1, 0.15) is 5.75 Å². The number of benzene rings is 1. The molecule has 0 spiro atoms. The minimum absolute atomic E-state index is 0.00366. The van der Waals surface area contributed by atoms with Crippen molar-refractivity contribution < 1.29 is 14.4 Å².